The van der Waals surface area contributed by atoms with Crippen LogP contribution in [0.2, 0.25) is 0 Å². The van der Waals surface area contributed by atoms with Crippen molar-refractivity contribution >= 4 is 17.7 Å². The Morgan fingerprint density at radius 2 is 2.05 bits per heavy atom. The van der Waals surface area contributed by atoms with Gasteiger partial charge >= 0.3 is 0 Å². The van der Waals surface area contributed by atoms with Crippen LogP contribution in [0.4, 0.5) is 0 Å². The summed E-state index contributed by atoms with van der Waals surface area (Å²) in [6.07, 6.45) is 3.76. The Balaban J connectivity index is 1.50. The summed E-state index contributed by atoms with van der Waals surface area (Å²) in [4.78, 5) is 41.2. The normalized spacial score (nSPS) is 21.2. The van der Waals surface area contributed by atoms with E-state index in [1.807, 2.05) is 0 Å². The van der Waals surface area contributed by atoms with Crippen LogP contribution in [0.3, 0.4) is 0 Å². The first-order valence-corrected chi connectivity index (χ1v) is 6.96. The lowest BCUT2D eigenvalue weighted by atomic mass is 10.1. The molecule has 2 fully saturated rings. The van der Waals surface area contributed by atoms with Gasteiger partial charge in [0, 0.05) is 25.2 Å². The van der Waals surface area contributed by atoms with Gasteiger partial charge in [0.15, 0.2) is 0 Å². The van der Waals surface area contributed by atoms with Crippen molar-refractivity contribution in [1.29, 1.82) is 0 Å². The quantitative estimate of drug-likeness (QED) is 0.757. The number of hydrogen-bond donors (Lipinski definition) is 2. The Bertz CT molecular complexity index is 571. The van der Waals surface area contributed by atoms with Gasteiger partial charge in [-0.3, -0.25) is 30.2 Å². The third-order valence-electron chi connectivity index (χ3n) is 3.71. The van der Waals surface area contributed by atoms with Crippen LogP contribution in [-0.4, -0.2) is 40.2 Å². The zero-order chi connectivity index (χ0) is 14.8. The summed E-state index contributed by atoms with van der Waals surface area (Å²) in [5, 5.41) is 0. The van der Waals surface area contributed by atoms with E-state index in [0.29, 0.717) is 12.6 Å². The maximum Gasteiger partial charge on any atom is 0.288 e. The first kappa shape index (κ1) is 13.5. The summed E-state index contributed by atoms with van der Waals surface area (Å²) in [5.41, 5.74) is 4.91. The molecule has 2 heterocycles. The fourth-order valence-corrected chi connectivity index (χ4v) is 2.43. The molecule has 0 unspecified atom stereocenters. The molecule has 1 atom stereocenters. The van der Waals surface area contributed by atoms with Crippen LogP contribution in [0.1, 0.15) is 29.8 Å². The van der Waals surface area contributed by atoms with E-state index in [9.17, 15) is 14.4 Å². The minimum absolute atomic E-state index is 0.0219. The topological polar surface area (TPSA) is 91.4 Å². The Kier molecular flexibility index (Phi) is 3.55. The number of carbonyl (C=O) groups excluding carboxylic acids is 3. The highest BCUT2D eigenvalue weighted by Gasteiger charge is 2.41. The second kappa shape index (κ2) is 5.51. The summed E-state index contributed by atoms with van der Waals surface area (Å²) in [7, 11) is 0. The lowest BCUT2D eigenvalue weighted by Gasteiger charge is -2.15. The summed E-state index contributed by atoms with van der Waals surface area (Å²) in [5.74, 6) is -1.20. The molecule has 1 aromatic rings. The molecular weight excluding hydrogens is 272 g/mol. The Morgan fingerprint density at radius 1 is 1.24 bits per heavy atom. The summed E-state index contributed by atoms with van der Waals surface area (Å²) >= 11 is 0. The van der Waals surface area contributed by atoms with Crippen molar-refractivity contribution in [3.63, 3.8) is 0 Å². The number of pyridine rings is 1. The zero-order valence-electron chi connectivity index (χ0n) is 11.4. The van der Waals surface area contributed by atoms with Crippen molar-refractivity contribution in [2.24, 2.45) is 5.92 Å². The predicted molar refractivity (Wildman–Crippen MR) is 72.7 cm³/mol. The highest BCUT2D eigenvalue weighted by molar-refractivity contribution is 5.95. The molecule has 0 bridgehead atoms. The molecule has 21 heavy (non-hydrogen) atoms. The van der Waals surface area contributed by atoms with Crippen LogP contribution in [0.5, 0.6) is 0 Å². The predicted octanol–water partition coefficient (Wildman–Crippen LogP) is -0.147. The number of hydrazine groups is 1. The van der Waals surface area contributed by atoms with Crippen molar-refractivity contribution in [3.8, 4) is 0 Å². The van der Waals surface area contributed by atoms with Crippen LogP contribution in [0.15, 0.2) is 24.4 Å². The van der Waals surface area contributed by atoms with Crippen LogP contribution in [0.25, 0.3) is 0 Å². The molecule has 3 amide bonds. The van der Waals surface area contributed by atoms with Gasteiger partial charge in [0.2, 0.25) is 11.8 Å². The molecule has 7 nitrogen and oxygen atoms in total. The molecule has 3 rings (SSSR count). The van der Waals surface area contributed by atoms with Crippen molar-refractivity contribution in [2.45, 2.75) is 25.3 Å². The molecule has 1 aliphatic heterocycles. The van der Waals surface area contributed by atoms with Crippen molar-refractivity contribution in [1.82, 2.24) is 20.7 Å². The Hall–Kier alpha value is -2.44. The van der Waals surface area contributed by atoms with Gasteiger partial charge < -0.3 is 4.90 Å². The van der Waals surface area contributed by atoms with Crippen LogP contribution < -0.4 is 10.9 Å². The fourth-order valence-electron chi connectivity index (χ4n) is 2.43. The molecule has 7 heteroatoms. The van der Waals surface area contributed by atoms with Gasteiger partial charge in [0.05, 0.1) is 5.92 Å². The number of rotatable bonds is 3. The number of nitrogens with zero attached hydrogens (tertiary/aromatic N) is 2. The number of nitrogens with one attached hydrogen (secondary N) is 2. The maximum absolute atomic E-state index is 12.0. The Labute approximate surface area is 121 Å². The third kappa shape index (κ3) is 3.01. The van der Waals surface area contributed by atoms with Crippen LogP contribution in [-0.2, 0) is 9.59 Å². The SMILES string of the molecule is O=C(NNC(=O)[C@H]1CC(=O)N(C2CC2)C1)c1ccccn1. The summed E-state index contributed by atoms with van der Waals surface area (Å²) in [6, 6.07) is 5.26. The first-order valence-electron chi connectivity index (χ1n) is 6.96. The lowest BCUT2D eigenvalue weighted by molar-refractivity contribution is -0.129. The van der Waals surface area contributed by atoms with E-state index in [4.69, 9.17) is 0 Å². The molecule has 110 valence electrons. The minimum Gasteiger partial charge on any atom is -0.339 e. The van der Waals surface area contributed by atoms with Gasteiger partial charge in [-0.05, 0) is 25.0 Å². The van der Waals surface area contributed by atoms with E-state index in [2.05, 4.69) is 15.8 Å². The van der Waals surface area contributed by atoms with Gasteiger partial charge in [-0.15, -0.1) is 0 Å². The number of hydrogen-bond acceptors (Lipinski definition) is 4. The largest absolute Gasteiger partial charge is 0.339 e. The molecule has 2 N–H and O–H groups in total. The second-order valence-electron chi connectivity index (χ2n) is 5.34. The van der Waals surface area contributed by atoms with Gasteiger partial charge in [0.25, 0.3) is 5.91 Å². The van der Waals surface area contributed by atoms with E-state index in [-0.39, 0.29) is 23.9 Å². The highest BCUT2D eigenvalue weighted by atomic mass is 16.2. The lowest BCUT2D eigenvalue weighted by Crippen LogP contribution is -2.45. The van der Waals surface area contributed by atoms with Gasteiger partial charge in [0.1, 0.15) is 5.69 Å². The van der Waals surface area contributed by atoms with Crippen LogP contribution >= 0.6 is 0 Å². The maximum atomic E-state index is 12.0. The number of amides is 3. The zero-order valence-corrected chi connectivity index (χ0v) is 11.4. The van der Waals surface area contributed by atoms with Gasteiger partial charge in [-0.25, -0.2) is 0 Å². The molecular formula is C14H16N4O3. The van der Waals surface area contributed by atoms with E-state index < -0.39 is 11.8 Å². The van der Waals surface area contributed by atoms with E-state index in [1.54, 1.807) is 23.1 Å². The molecule has 1 saturated carbocycles. The fraction of sp³-hybridized carbons (Fsp3) is 0.429. The summed E-state index contributed by atoms with van der Waals surface area (Å²) in [6.45, 7) is 0.439. The number of likely N-dealkylation sites (tertiary alicyclic amines) is 1. The van der Waals surface area contributed by atoms with Crippen molar-refractivity contribution in [2.75, 3.05) is 6.54 Å². The van der Waals surface area contributed by atoms with Crippen molar-refractivity contribution < 1.29 is 14.4 Å². The molecule has 0 radical (unpaired) electrons. The second-order valence-corrected chi connectivity index (χ2v) is 5.34. The number of aromatic nitrogens is 1. The van der Waals surface area contributed by atoms with E-state index in [1.165, 1.54) is 6.20 Å². The monoisotopic (exact) mass is 288 g/mol. The molecule has 1 aromatic heterocycles. The van der Waals surface area contributed by atoms with Crippen LogP contribution in [0, 0.1) is 5.92 Å². The minimum atomic E-state index is -0.479. The van der Waals surface area contributed by atoms with E-state index in [0.717, 1.165) is 12.8 Å². The van der Waals surface area contributed by atoms with Crippen molar-refractivity contribution in [3.05, 3.63) is 30.1 Å². The highest BCUT2D eigenvalue weighted by Crippen LogP contribution is 2.32. The average molecular weight is 288 g/mol. The smallest absolute Gasteiger partial charge is 0.288 e. The molecule has 0 spiro atoms. The molecule has 1 saturated heterocycles. The average Bonchev–Trinajstić information content (AvgIpc) is 3.28. The van der Waals surface area contributed by atoms with Gasteiger partial charge in [-0.1, -0.05) is 6.07 Å². The Morgan fingerprint density at radius 3 is 2.71 bits per heavy atom. The molecule has 2 aliphatic rings. The molecule has 1 aliphatic carbocycles. The summed E-state index contributed by atoms with van der Waals surface area (Å²) < 4.78 is 0. The first-order chi connectivity index (χ1) is 10.1. The van der Waals surface area contributed by atoms with Gasteiger partial charge in [-0.2, -0.15) is 0 Å². The van der Waals surface area contributed by atoms with E-state index >= 15 is 0 Å². The standard InChI is InChI=1S/C14H16N4O3/c19-12-7-9(8-18(12)10-4-5-10)13(20)16-17-14(21)11-3-1-2-6-15-11/h1-3,6,9-10H,4-5,7-8H2,(H,16,20)(H,17,21)/t9-/m0/s1. The number of carbonyl (C=O) groups is 3. The molecule has 0 aromatic carbocycles. The third-order valence-corrected chi connectivity index (χ3v) is 3.71.